The van der Waals surface area contributed by atoms with Crippen LogP contribution in [0.4, 0.5) is 0 Å². The highest BCUT2D eigenvalue weighted by atomic mass is 127. The summed E-state index contributed by atoms with van der Waals surface area (Å²) in [7, 11) is 0. The molecule has 0 aromatic heterocycles. The number of hydrogen-bond donors (Lipinski definition) is 0. The summed E-state index contributed by atoms with van der Waals surface area (Å²) in [5, 5.41) is 0. The van der Waals surface area contributed by atoms with Crippen molar-refractivity contribution in [2.24, 2.45) is 0 Å². The van der Waals surface area contributed by atoms with Crippen LogP contribution in [-0.2, 0) is 14.3 Å². The smallest absolute Gasteiger partial charge is 0.340 e. The fourth-order valence-electron chi connectivity index (χ4n) is 1.19. The Kier molecular flexibility index (Phi) is 7.04. The van der Waals surface area contributed by atoms with E-state index in [0.717, 1.165) is 10.7 Å². The first-order valence-corrected chi connectivity index (χ1v) is 8.55. The number of benzene rings is 1. The maximum Gasteiger partial charge on any atom is 0.340 e. The molecule has 0 saturated heterocycles. The van der Waals surface area contributed by atoms with Crippen molar-refractivity contribution >= 4 is 85.5 Å². The summed E-state index contributed by atoms with van der Waals surface area (Å²) in [6.07, 6.45) is -0.467. The van der Waals surface area contributed by atoms with Crippen molar-refractivity contribution in [1.29, 1.82) is 0 Å². The Morgan fingerprint density at radius 2 is 1.75 bits per heavy atom. The van der Waals surface area contributed by atoms with Gasteiger partial charge < -0.3 is 4.74 Å². The number of ketones is 1. The van der Waals surface area contributed by atoms with E-state index in [1.807, 2.05) is 6.07 Å². The third-order valence-electron chi connectivity index (χ3n) is 2.20. The van der Waals surface area contributed by atoms with Gasteiger partial charge >= 0.3 is 11.9 Å². The summed E-state index contributed by atoms with van der Waals surface area (Å²) >= 11 is 6.37. The maximum absolute atomic E-state index is 12.0. The molecule has 0 N–H and O–H groups in total. The van der Waals surface area contributed by atoms with E-state index in [0.29, 0.717) is 5.56 Å². The zero-order valence-electron chi connectivity index (χ0n) is 10.3. The monoisotopic (exact) mass is 610 g/mol. The summed E-state index contributed by atoms with van der Waals surface area (Å²) in [6, 6.07) is 3.48. The molecule has 106 valence electrons. The van der Waals surface area contributed by atoms with E-state index in [4.69, 9.17) is 0 Å². The molecule has 0 heterocycles. The van der Waals surface area contributed by atoms with Crippen molar-refractivity contribution in [3.8, 4) is 0 Å². The highest BCUT2D eigenvalue weighted by Gasteiger charge is 2.20. The van der Waals surface area contributed by atoms with Crippen LogP contribution >= 0.6 is 67.8 Å². The quantitative estimate of drug-likeness (QED) is 0.130. The molecule has 1 aromatic carbocycles. The van der Waals surface area contributed by atoms with Crippen molar-refractivity contribution in [2.75, 3.05) is 0 Å². The van der Waals surface area contributed by atoms with Gasteiger partial charge in [-0.05, 0) is 86.8 Å². The predicted molar refractivity (Wildman–Crippen MR) is 99.5 cm³/mol. The second kappa shape index (κ2) is 7.82. The Bertz CT molecular complexity index is 608. The number of rotatable bonds is 4. The van der Waals surface area contributed by atoms with Crippen molar-refractivity contribution in [3.05, 3.63) is 40.6 Å². The summed E-state index contributed by atoms with van der Waals surface area (Å²) in [5.74, 6) is -2.05. The Morgan fingerprint density at radius 1 is 1.15 bits per heavy atom. The van der Waals surface area contributed by atoms with E-state index in [1.54, 1.807) is 6.07 Å². The first kappa shape index (κ1) is 18.0. The van der Waals surface area contributed by atoms with E-state index >= 15 is 0 Å². The zero-order chi connectivity index (χ0) is 15.4. The van der Waals surface area contributed by atoms with Crippen LogP contribution in [0.3, 0.4) is 0 Å². The number of hydrogen-bond acceptors (Lipinski definition) is 4. The van der Waals surface area contributed by atoms with E-state index in [1.165, 1.54) is 6.92 Å². The Balaban J connectivity index is 2.82. The number of Topliss-reactive ketones (excluding diaryl/α,β-unsaturated/α-hetero) is 1. The number of halogens is 3. The van der Waals surface area contributed by atoms with Gasteiger partial charge in [-0.2, -0.15) is 0 Å². The van der Waals surface area contributed by atoms with Gasteiger partial charge in [-0.1, -0.05) is 6.58 Å². The van der Waals surface area contributed by atoms with E-state index in [-0.39, 0.29) is 11.4 Å². The molecule has 20 heavy (non-hydrogen) atoms. The van der Waals surface area contributed by atoms with Gasteiger partial charge in [-0.3, -0.25) is 9.59 Å². The Morgan fingerprint density at radius 3 is 2.30 bits per heavy atom. The lowest BCUT2D eigenvalue weighted by molar-refractivity contribution is -0.156. The van der Waals surface area contributed by atoms with E-state index < -0.39 is 18.4 Å². The molecule has 0 saturated carbocycles. The number of carbonyl (C=O) groups is 3. The average molecular weight is 610 g/mol. The molecule has 0 amide bonds. The first-order valence-electron chi connectivity index (χ1n) is 5.31. The van der Waals surface area contributed by atoms with Crippen molar-refractivity contribution in [1.82, 2.24) is 0 Å². The highest BCUT2D eigenvalue weighted by Crippen LogP contribution is 2.25. The molecular formula is C13H9I3O4. The van der Waals surface area contributed by atoms with Crippen molar-refractivity contribution in [3.63, 3.8) is 0 Å². The zero-order valence-corrected chi connectivity index (χ0v) is 16.8. The highest BCUT2D eigenvalue weighted by molar-refractivity contribution is 14.1. The normalized spacial score (nSPS) is 10.0. The molecule has 0 fully saturated rings. The number of carbonyl (C=O) groups excluding carboxylic acids is 3. The molecule has 0 spiro atoms. The van der Waals surface area contributed by atoms with Gasteiger partial charge in [0.05, 0.1) is 0 Å². The molecule has 0 radical (unpaired) electrons. The van der Waals surface area contributed by atoms with Crippen molar-refractivity contribution in [2.45, 2.75) is 13.3 Å². The molecule has 0 aliphatic rings. The standard InChI is InChI=1S/C13H9I3O4/c1-6(2)13(19)20-10(18)5-9(17)7-3-4-8(14)12(16)11(7)15/h3-4H,1,5H2,2H3. The first-order chi connectivity index (χ1) is 9.23. The fraction of sp³-hybridized carbons (Fsp3) is 0.154. The lowest BCUT2D eigenvalue weighted by Gasteiger charge is -2.07. The van der Waals surface area contributed by atoms with Gasteiger partial charge in [0.25, 0.3) is 0 Å². The molecule has 7 heteroatoms. The van der Waals surface area contributed by atoms with Crippen molar-refractivity contribution < 1.29 is 19.1 Å². The van der Waals surface area contributed by atoms with Crippen LogP contribution in [0.25, 0.3) is 0 Å². The van der Waals surface area contributed by atoms with Crippen LogP contribution in [0.2, 0.25) is 0 Å². The molecule has 0 aliphatic carbocycles. The molecule has 0 unspecified atom stereocenters. The van der Waals surface area contributed by atoms with Gasteiger partial charge in [0, 0.05) is 21.8 Å². The van der Waals surface area contributed by atoms with Crippen LogP contribution in [0, 0.1) is 10.7 Å². The summed E-state index contributed by atoms with van der Waals surface area (Å²) in [4.78, 5) is 34.7. The second-order valence-electron chi connectivity index (χ2n) is 3.86. The molecule has 1 rings (SSSR count). The Hall–Kier alpha value is -0.0400. The number of esters is 2. The lowest BCUT2D eigenvalue weighted by atomic mass is 10.1. The molecule has 0 atom stereocenters. The van der Waals surface area contributed by atoms with E-state index in [2.05, 4.69) is 79.1 Å². The Labute approximate surface area is 157 Å². The largest absolute Gasteiger partial charge is 0.389 e. The van der Waals surface area contributed by atoms with Gasteiger partial charge in [0.1, 0.15) is 6.42 Å². The second-order valence-corrected chi connectivity index (χ2v) is 7.18. The van der Waals surface area contributed by atoms with Crippen LogP contribution in [0.15, 0.2) is 24.3 Å². The van der Waals surface area contributed by atoms with Crippen LogP contribution in [-0.4, -0.2) is 17.7 Å². The summed E-state index contributed by atoms with van der Waals surface area (Å²) in [6.45, 7) is 4.80. The van der Waals surface area contributed by atoms with Gasteiger partial charge in [-0.25, -0.2) is 4.79 Å². The van der Waals surface area contributed by atoms with Gasteiger partial charge in [-0.15, -0.1) is 0 Å². The lowest BCUT2D eigenvalue weighted by Crippen LogP contribution is -2.17. The minimum atomic E-state index is -0.868. The summed E-state index contributed by atoms with van der Waals surface area (Å²) < 4.78 is 7.28. The van der Waals surface area contributed by atoms with Crippen LogP contribution < -0.4 is 0 Å². The number of ether oxygens (including phenoxy) is 1. The predicted octanol–water partition coefficient (Wildman–Crippen LogP) is 3.72. The molecule has 4 nitrogen and oxygen atoms in total. The third-order valence-corrected chi connectivity index (χ3v) is 7.40. The average Bonchev–Trinajstić information content (AvgIpc) is 2.35. The summed E-state index contributed by atoms with van der Waals surface area (Å²) in [5.41, 5.74) is 0.569. The molecule has 0 bridgehead atoms. The van der Waals surface area contributed by atoms with E-state index in [9.17, 15) is 14.4 Å². The molecule has 1 aromatic rings. The minimum absolute atomic E-state index is 0.115. The van der Waals surface area contributed by atoms with Crippen LogP contribution in [0.1, 0.15) is 23.7 Å². The fourth-order valence-corrected chi connectivity index (χ4v) is 3.40. The minimum Gasteiger partial charge on any atom is -0.389 e. The maximum atomic E-state index is 12.0. The molecule has 0 aliphatic heterocycles. The third kappa shape index (κ3) is 4.76. The topological polar surface area (TPSA) is 60.4 Å². The SMILES string of the molecule is C=C(C)C(=O)OC(=O)CC(=O)c1ccc(I)c(I)c1I. The van der Waals surface area contributed by atoms with Gasteiger partial charge in [0.2, 0.25) is 0 Å². The van der Waals surface area contributed by atoms with Crippen LogP contribution in [0.5, 0.6) is 0 Å². The molecular weight excluding hydrogens is 601 g/mol. The van der Waals surface area contributed by atoms with Gasteiger partial charge in [0.15, 0.2) is 5.78 Å².